The van der Waals surface area contributed by atoms with Crippen molar-refractivity contribution >= 4 is 15.7 Å². The lowest BCUT2D eigenvalue weighted by Gasteiger charge is -2.25. The van der Waals surface area contributed by atoms with Crippen molar-refractivity contribution in [2.45, 2.75) is 57.0 Å². The Balaban J connectivity index is 1.70. The highest BCUT2D eigenvalue weighted by Crippen LogP contribution is 2.39. The summed E-state index contributed by atoms with van der Waals surface area (Å²) in [5.41, 5.74) is 1.52. The van der Waals surface area contributed by atoms with E-state index in [4.69, 9.17) is 4.74 Å². The third kappa shape index (κ3) is 3.88. The fourth-order valence-electron chi connectivity index (χ4n) is 3.72. The molecule has 1 aromatic heterocycles. The molecule has 1 heterocycles. The second-order valence-corrected chi connectivity index (χ2v) is 8.70. The molecule has 3 rings (SSSR count). The first-order chi connectivity index (χ1) is 11.0. The zero-order chi connectivity index (χ0) is 16.4. The molecule has 1 atom stereocenters. The molecule has 2 aliphatic carbocycles. The van der Waals surface area contributed by atoms with E-state index in [1.54, 1.807) is 18.0 Å². The van der Waals surface area contributed by atoms with Gasteiger partial charge in [-0.25, -0.2) is 8.42 Å². The molecule has 0 radical (unpaired) electrons. The lowest BCUT2D eigenvalue weighted by atomic mass is 9.82. The van der Waals surface area contributed by atoms with Crippen LogP contribution in [0.3, 0.4) is 0 Å². The highest BCUT2D eigenvalue weighted by molar-refractivity contribution is 7.92. The van der Waals surface area contributed by atoms with Gasteiger partial charge in [0.1, 0.15) is 0 Å². The molecule has 130 valence electrons. The molecule has 6 nitrogen and oxygen atoms in total. The third-order valence-electron chi connectivity index (χ3n) is 5.23. The first-order valence-electron chi connectivity index (χ1n) is 8.55. The van der Waals surface area contributed by atoms with Gasteiger partial charge in [-0.15, -0.1) is 0 Å². The molecule has 2 fully saturated rings. The maximum Gasteiger partial charge on any atom is 0.235 e. The Hall–Kier alpha value is -1.08. The minimum atomic E-state index is -3.44. The number of ether oxygens (including phenoxy) is 1. The van der Waals surface area contributed by atoms with Gasteiger partial charge in [0, 0.05) is 26.3 Å². The topological polar surface area (TPSA) is 73.2 Å². The Labute approximate surface area is 138 Å². The van der Waals surface area contributed by atoms with Crippen molar-refractivity contribution < 1.29 is 13.2 Å². The van der Waals surface area contributed by atoms with Gasteiger partial charge >= 0.3 is 0 Å². The highest BCUT2D eigenvalue weighted by Gasteiger charge is 2.31. The van der Waals surface area contributed by atoms with Crippen LogP contribution in [-0.2, 0) is 21.8 Å². The van der Waals surface area contributed by atoms with Crippen LogP contribution in [0, 0.1) is 5.92 Å². The van der Waals surface area contributed by atoms with E-state index >= 15 is 0 Å². The van der Waals surface area contributed by atoms with Crippen molar-refractivity contribution in [2.75, 3.05) is 17.6 Å². The van der Waals surface area contributed by atoms with E-state index in [2.05, 4.69) is 9.82 Å². The lowest BCUT2D eigenvalue weighted by molar-refractivity contribution is 0.0718. The molecule has 0 amide bonds. The molecule has 1 N–H and O–H groups in total. The molecule has 0 spiro atoms. The van der Waals surface area contributed by atoms with Gasteiger partial charge in [0.05, 0.1) is 23.2 Å². The van der Waals surface area contributed by atoms with Crippen LogP contribution in [0.5, 0.6) is 0 Å². The number of aromatic nitrogens is 2. The first-order valence-corrected chi connectivity index (χ1v) is 10.2. The summed E-state index contributed by atoms with van der Waals surface area (Å²) < 4.78 is 35.1. The number of nitrogens with zero attached hydrogens (tertiary/aromatic N) is 2. The molecule has 0 aromatic carbocycles. The monoisotopic (exact) mass is 341 g/mol. The number of hydrogen-bond acceptors (Lipinski definition) is 4. The molecule has 23 heavy (non-hydrogen) atoms. The number of rotatable bonds is 7. The van der Waals surface area contributed by atoms with E-state index in [9.17, 15) is 8.42 Å². The maximum atomic E-state index is 12.6. The average Bonchev–Trinajstić information content (AvgIpc) is 3.05. The summed E-state index contributed by atoms with van der Waals surface area (Å²) in [6.07, 6.45) is 9.40. The number of nitrogens with one attached hydrogen (secondary N) is 1. The largest absolute Gasteiger partial charge is 0.380 e. The van der Waals surface area contributed by atoms with Crippen LogP contribution < -0.4 is 4.72 Å². The quantitative estimate of drug-likeness (QED) is 0.827. The Morgan fingerprint density at radius 1 is 1.30 bits per heavy atom. The van der Waals surface area contributed by atoms with Gasteiger partial charge in [-0.3, -0.25) is 9.40 Å². The summed E-state index contributed by atoms with van der Waals surface area (Å²) >= 11 is 0. The van der Waals surface area contributed by atoms with Crippen LogP contribution in [0.1, 0.15) is 56.6 Å². The molecule has 2 aliphatic rings. The molecular formula is C16H27N3O3S. The van der Waals surface area contributed by atoms with Crippen LogP contribution in [0.2, 0.25) is 0 Å². The molecule has 0 bridgehead atoms. The maximum absolute atomic E-state index is 12.6. The number of methoxy groups -OCH3 is 1. The smallest absolute Gasteiger partial charge is 0.235 e. The second kappa shape index (κ2) is 6.81. The normalized spacial score (nSPS) is 21.3. The Morgan fingerprint density at radius 3 is 2.57 bits per heavy atom. The summed E-state index contributed by atoms with van der Waals surface area (Å²) in [6.45, 7) is 0. The Morgan fingerprint density at radius 2 is 2.00 bits per heavy atom. The minimum absolute atomic E-state index is 0.0210. The van der Waals surface area contributed by atoms with Gasteiger partial charge in [-0.05, 0) is 31.6 Å². The number of aryl methyl sites for hydroxylation is 1. The van der Waals surface area contributed by atoms with Crippen molar-refractivity contribution in [1.29, 1.82) is 0 Å². The third-order valence-corrected chi connectivity index (χ3v) is 6.53. The van der Waals surface area contributed by atoms with Gasteiger partial charge in [0.15, 0.2) is 0 Å². The lowest BCUT2D eigenvalue weighted by Crippen LogP contribution is -2.32. The van der Waals surface area contributed by atoms with Crippen LogP contribution >= 0.6 is 0 Å². The first kappa shape index (κ1) is 16.8. The van der Waals surface area contributed by atoms with E-state index < -0.39 is 10.0 Å². The Kier molecular flexibility index (Phi) is 4.96. The molecule has 7 heteroatoms. The van der Waals surface area contributed by atoms with E-state index in [1.165, 1.54) is 19.3 Å². The molecule has 0 aliphatic heterocycles. The SMILES string of the molecule is COC(CS(=O)(=O)Nc1cn(C)nc1C1CCC1)C1CCCC1. The van der Waals surface area contributed by atoms with Crippen molar-refractivity contribution in [1.82, 2.24) is 9.78 Å². The van der Waals surface area contributed by atoms with Crippen LogP contribution in [0.25, 0.3) is 0 Å². The van der Waals surface area contributed by atoms with E-state index in [-0.39, 0.29) is 11.9 Å². The minimum Gasteiger partial charge on any atom is -0.380 e. The molecule has 1 aromatic rings. The number of sulfonamides is 1. The van der Waals surface area contributed by atoms with Crippen molar-refractivity contribution in [3.8, 4) is 0 Å². The van der Waals surface area contributed by atoms with Crippen LogP contribution in [0.15, 0.2) is 6.20 Å². The van der Waals surface area contributed by atoms with Crippen molar-refractivity contribution in [3.05, 3.63) is 11.9 Å². The molecule has 1 unspecified atom stereocenters. The fraction of sp³-hybridized carbons (Fsp3) is 0.812. The summed E-state index contributed by atoms with van der Waals surface area (Å²) in [5.74, 6) is 0.770. The number of hydrogen-bond donors (Lipinski definition) is 1. The van der Waals surface area contributed by atoms with Crippen LogP contribution in [-0.4, -0.2) is 37.2 Å². The van der Waals surface area contributed by atoms with Crippen molar-refractivity contribution in [2.24, 2.45) is 13.0 Å². The average molecular weight is 341 g/mol. The van der Waals surface area contributed by atoms with Gasteiger partial charge in [-0.1, -0.05) is 19.3 Å². The molecule has 2 saturated carbocycles. The Bertz CT molecular complexity index is 631. The van der Waals surface area contributed by atoms with E-state index in [0.717, 1.165) is 31.4 Å². The molecular weight excluding hydrogens is 314 g/mol. The zero-order valence-electron chi connectivity index (χ0n) is 14.0. The van der Waals surface area contributed by atoms with E-state index in [1.807, 2.05) is 7.05 Å². The predicted octanol–water partition coefficient (Wildman–Crippen LogP) is 2.63. The second-order valence-electron chi connectivity index (χ2n) is 6.93. The molecule has 0 saturated heterocycles. The van der Waals surface area contributed by atoms with Gasteiger partial charge in [0.25, 0.3) is 0 Å². The summed E-state index contributed by atoms with van der Waals surface area (Å²) in [6, 6.07) is 0. The summed E-state index contributed by atoms with van der Waals surface area (Å²) in [7, 11) is 0.00475. The van der Waals surface area contributed by atoms with Gasteiger partial charge < -0.3 is 4.74 Å². The zero-order valence-corrected chi connectivity index (χ0v) is 14.8. The highest BCUT2D eigenvalue weighted by atomic mass is 32.2. The van der Waals surface area contributed by atoms with Gasteiger partial charge in [-0.2, -0.15) is 5.10 Å². The predicted molar refractivity (Wildman–Crippen MR) is 90.0 cm³/mol. The standard InChI is InChI=1S/C16H27N3O3S/c1-19-10-14(16(17-19)13-8-5-9-13)18-23(20,21)11-15(22-2)12-6-3-4-7-12/h10,12-13,15,18H,3-9,11H2,1-2H3. The van der Waals surface area contributed by atoms with Crippen molar-refractivity contribution in [3.63, 3.8) is 0 Å². The fourth-order valence-corrected chi connectivity index (χ4v) is 5.14. The summed E-state index contributed by atoms with van der Waals surface area (Å²) in [5, 5.41) is 4.45. The van der Waals surface area contributed by atoms with Crippen LogP contribution in [0.4, 0.5) is 5.69 Å². The number of anilines is 1. The van der Waals surface area contributed by atoms with Gasteiger partial charge in [0.2, 0.25) is 10.0 Å². The summed E-state index contributed by atoms with van der Waals surface area (Å²) in [4.78, 5) is 0. The van der Waals surface area contributed by atoms with E-state index in [0.29, 0.717) is 17.5 Å².